The van der Waals surface area contributed by atoms with E-state index in [1.54, 1.807) is 23.9 Å². The quantitative estimate of drug-likeness (QED) is 0.696. The summed E-state index contributed by atoms with van der Waals surface area (Å²) in [6.07, 6.45) is 1.76. The van der Waals surface area contributed by atoms with E-state index in [1.165, 1.54) is 11.2 Å². The molecule has 1 aromatic carbocycles. The van der Waals surface area contributed by atoms with Crippen LogP contribution in [0, 0.1) is 0 Å². The van der Waals surface area contributed by atoms with Gasteiger partial charge >= 0.3 is 6.01 Å². The van der Waals surface area contributed by atoms with Crippen LogP contribution in [0.3, 0.4) is 0 Å². The van der Waals surface area contributed by atoms with E-state index in [0.29, 0.717) is 5.76 Å². The zero-order valence-corrected chi connectivity index (χ0v) is 13.3. The number of amides is 1. The minimum Gasteiger partial charge on any atom is -0.459 e. The van der Waals surface area contributed by atoms with Crippen molar-refractivity contribution in [1.29, 1.82) is 0 Å². The van der Waals surface area contributed by atoms with Gasteiger partial charge in [0, 0.05) is 4.90 Å². The van der Waals surface area contributed by atoms with Crippen molar-refractivity contribution >= 4 is 23.7 Å². The van der Waals surface area contributed by atoms with E-state index in [9.17, 15) is 4.79 Å². The molecule has 0 saturated heterocycles. The Labute approximate surface area is 137 Å². The van der Waals surface area contributed by atoms with E-state index in [-0.39, 0.29) is 24.2 Å². The van der Waals surface area contributed by atoms with Crippen LogP contribution in [-0.2, 0) is 11.2 Å². The maximum atomic E-state index is 12.0. The first-order valence-electron chi connectivity index (χ1n) is 7.13. The average molecular weight is 329 g/mol. The molecule has 0 fully saturated rings. The summed E-state index contributed by atoms with van der Waals surface area (Å²) in [5, 5.41) is 10.2. The molecule has 0 bridgehead atoms. The number of anilines is 1. The van der Waals surface area contributed by atoms with Crippen LogP contribution in [-0.4, -0.2) is 21.9 Å². The first-order valence-corrected chi connectivity index (χ1v) is 8.12. The van der Waals surface area contributed by atoms with Crippen molar-refractivity contribution in [3.05, 3.63) is 48.2 Å². The lowest BCUT2D eigenvalue weighted by molar-refractivity contribution is -0.115. The van der Waals surface area contributed by atoms with E-state index >= 15 is 0 Å². The molecule has 0 aliphatic heterocycles. The summed E-state index contributed by atoms with van der Waals surface area (Å²) in [7, 11) is 0. The highest BCUT2D eigenvalue weighted by atomic mass is 32.2. The lowest BCUT2D eigenvalue weighted by Crippen LogP contribution is -2.14. The van der Waals surface area contributed by atoms with Gasteiger partial charge in [-0.15, -0.1) is 16.9 Å². The number of hydrogen-bond donors (Lipinski definition) is 1. The van der Waals surface area contributed by atoms with Gasteiger partial charge in [0.2, 0.25) is 5.91 Å². The molecule has 1 amide bonds. The number of thioether (sulfide) groups is 1. The molecule has 7 heteroatoms. The molecule has 23 heavy (non-hydrogen) atoms. The zero-order valence-electron chi connectivity index (χ0n) is 12.5. The Morgan fingerprint density at radius 3 is 2.74 bits per heavy atom. The number of nitrogens with one attached hydrogen (secondary N) is 1. The van der Waals surface area contributed by atoms with Gasteiger partial charge in [0.05, 0.1) is 12.7 Å². The average Bonchev–Trinajstić information content (AvgIpc) is 3.20. The number of nitrogens with zero attached hydrogens (tertiary/aromatic N) is 2. The van der Waals surface area contributed by atoms with Crippen molar-refractivity contribution in [2.75, 3.05) is 11.1 Å². The molecule has 3 aromatic rings. The molecule has 6 nitrogen and oxygen atoms in total. The molecule has 0 radical (unpaired) electrons. The van der Waals surface area contributed by atoms with Crippen LogP contribution >= 0.6 is 11.8 Å². The molecule has 2 heterocycles. The molecule has 118 valence electrons. The van der Waals surface area contributed by atoms with Gasteiger partial charge in [-0.1, -0.05) is 24.2 Å². The second-order valence-electron chi connectivity index (χ2n) is 4.69. The van der Waals surface area contributed by atoms with Crippen LogP contribution in [0.15, 0.2) is 56.4 Å². The van der Waals surface area contributed by atoms with Gasteiger partial charge in [0.1, 0.15) is 0 Å². The molecular formula is C16H15N3O3S. The molecule has 0 aliphatic carbocycles. The number of carbonyl (C=O) groups excluding carboxylic acids is 1. The second-order valence-corrected chi connectivity index (χ2v) is 6.03. The first kappa shape index (κ1) is 15.4. The van der Waals surface area contributed by atoms with Gasteiger partial charge in [0.15, 0.2) is 5.76 Å². The van der Waals surface area contributed by atoms with Crippen LogP contribution < -0.4 is 5.32 Å². The Balaban J connectivity index is 1.59. The number of aromatic nitrogens is 2. The van der Waals surface area contributed by atoms with Gasteiger partial charge in [-0.25, -0.2) is 0 Å². The smallest absolute Gasteiger partial charge is 0.322 e. The third-order valence-corrected chi connectivity index (χ3v) is 3.90. The highest BCUT2D eigenvalue weighted by Crippen LogP contribution is 2.20. The van der Waals surface area contributed by atoms with Crippen LogP contribution in [0.2, 0.25) is 0 Å². The summed E-state index contributed by atoms with van der Waals surface area (Å²) in [6, 6.07) is 11.4. The van der Waals surface area contributed by atoms with Gasteiger partial charge in [-0.2, -0.15) is 0 Å². The van der Waals surface area contributed by atoms with E-state index in [0.717, 1.165) is 11.3 Å². The lowest BCUT2D eigenvalue weighted by atomic mass is 10.1. The monoisotopic (exact) mass is 329 g/mol. The first-order chi connectivity index (χ1) is 11.2. The third kappa shape index (κ3) is 4.01. The van der Waals surface area contributed by atoms with Crippen molar-refractivity contribution in [3.63, 3.8) is 0 Å². The highest BCUT2D eigenvalue weighted by molar-refractivity contribution is 7.99. The number of benzene rings is 1. The summed E-state index contributed by atoms with van der Waals surface area (Å²) >= 11 is 1.76. The third-order valence-electron chi connectivity index (χ3n) is 3.00. The number of furan rings is 1. The van der Waals surface area contributed by atoms with Crippen molar-refractivity contribution in [2.45, 2.75) is 18.2 Å². The van der Waals surface area contributed by atoms with Gasteiger partial charge in [0.25, 0.3) is 5.89 Å². The predicted molar refractivity (Wildman–Crippen MR) is 87.2 cm³/mol. The molecule has 3 rings (SSSR count). The second kappa shape index (κ2) is 7.15. The Kier molecular flexibility index (Phi) is 4.77. The molecule has 0 spiro atoms. The van der Waals surface area contributed by atoms with Crippen LogP contribution in [0.1, 0.15) is 12.5 Å². The largest absolute Gasteiger partial charge is 0.459 e. The zero-order chi connectivity index (χ0) is 16.1. The maximum Gasteiger partial charge on any atom is 0.322 e. The molecule has 0 unspecified atom stereocenters. The Morgan fingerprint density at radius 2 is 2.04 bits per heavy atom. The predicted octanol–water partition coefficient (Wildman–Crippen LogP) is 3.62. The van der Waals surface area contributed by atoms with Crippen molar-refractivity contribution in [3.8, 4) is 11.7 Å². The highest BCUT2D eigenvalue weighted by Gasteiger charge is 2.13. The standard InChI is InChI=1S/C16H15N3O3S/c1-2-23-12-7-5-11(6-8-12)10-14(20)17-16-19-18-15(22-16)13-4-3-9-21-13/h3-9H,2,10H2,1H3,(H,17,19,20). The fourth-order valence-corrected chi connectivity index (χ4v) is 2.65. The number of carbonyl (C=O) groups is 1. The fourth-order valence-electron chi connectivity index (χ4n) is 1.99. The lowest BCUT2D eigenvalue weighted by Gasteiger charge is -2.03. The minimum absolute atomic E-state index is 0.0551. The molecule has 1 N–H and O–H groups in total. The van der Waals surface area contributed by atoms with E-state index in [2.05, 4.69) is 22.4 Å². The van der Waals surface area contributed by atoms with E-state index in [1.807, 2.05) is 24.3 Å². The van der Waals surface area contributed by atoms with E-state index < -0.39 is 0 Å². The minimum atomic E-state index is -0.212. The molecular weight excluding hydrogens is 314 g/mol. The summed E-state index contributed by atoms with van der Waals surface area (Å²) in [6.45, 7) is 2.10. The Hall–Kier alpha value is -2.54. The van der Waals surface area contributed by atoms with Crippen molar-refractivity contribution in [2.24, 2.45) is 0 Å². The molecule has 0 saturated carbocycles. The van der Waals surface area contributed by atoms with E-state index in [4.69, 9.17) is 8.83 Å². The maximum absolute atomic E-state index is 12.0. The van der Waals surface area contributed by atoms with Crippen molar-refractivity contribution < 1.29 is 13.6 Å². The van der Waals surface area contributed by atoms with Crippen molar-refractivity contribution in [1.82, 2.24) is 10.2 Å². The SMILES string of the molecule is CCSc1ccc(CC(=O)Nc2nnc(-c3ccco3)o2)cc1. The van der Waals surface area contributed by atoms with Gasteiger partial charge < -0.3 is 8.83 Å². The summed E-state index contributed by atoms with van der Waals surface area (Å²) in [5.41, 5.74) is 0.925. The van der Waals surface area contributed by atoms with Crippen LogP contribution in [0.5, 0.6) is 0 Å². The number of hydrogen-bond acceptors (Lipinski definition) is 6. The number of rotatable bonds is 6. The normalized spacial score (nSPS) is 10.7. The topological polar surface area (TPSA) is 81.2 Å². The van der Waals surface area contributed by atoms with Crippen LogP contribution in [0.25, 0.3) is 11.7 Å². The molecule has 2 aromatic heterocycles. The van der Waals surface area contributed by atoms with Gasteiger partial charge in [-0.05, 0) is 35.6 Å². The molecule has 0 aliphatic rings. The molecule has 0 atom stereocenters. The summed E-state index contributed by atoms with van der Waals surface area (Å²) < 4.78 is 10.5. The Morgan fingerprint density at radius 1 is 1.22 bits per heavy atom. The fraction of sp³-hybridized carbons (Fsp3) is 0.188. The summed E-state index contributed by atoms with van der Waals surface area (Å²) in [5.74, 6) is 1.50. The van der Waals surface area contributed by atoms with Crippen LogP contribution in [0.4, 0.5) is 6.01 Å². The van der Waals surface area contributed by atoms with Gasteiger partial charge in [-0.3, -0.25) is 10.1 Å². The Bertz CT molecular complexity index is 766. The summed E-state index contributed by atoms with van der Waals surface area (Å²) in [4.78, 5) is 13.2.